The third kappa shape index (κ3) is 3.41. The lowest BCUT2D eigenvalue weighted by Crippen LogP contribution is -1.87. The zero-order valence-electron chi connectivity index (χ0n) is 16.0. The number of hydrogen-bond acceptors (Lipinski definition) is 4. The van der Waals surface area contributed by atoms with E-state index in [4.69, 9.17) is 4.98 Å². The molecule has 4 nitrogen and oxygen atoms in total. The van der Waals surface area contributed by atoms with Gasteiger partial charge < -0.3 is 4.98 Å². The second-order valence-electron chi connectivity index (χ2n) is 6.82. The number of aryl methyl sites for hydroxylation is 1. The van der Waals surface area contributed by atoms with Gasteiger partial charge in [-0.3, -0.25) is 9.97 Å². The van der Waals surface area contributed by atoms with Crippen LogP contribution in [0.1, 0.15) is 11.8 Å². The average Bonchev–Trinajstić information content (AvgIpc) is 3.38. The van der Waals surface area contributed by atoms with Crippen molar-refractivity contribution in [2.75, 3.05) is 0 Å². The number of thiazole rings is 1. The molecule has 3 heterocycles. The molecule has 0 unspecified atom stereocenters. The molecule has 30 heavy (non-hydrogen) atoms. The largest absolute Gasteiger partial charge is 0.354 e. The molecule has 5 rings (SSSR count). The number of halogens is 2. The van der Waals surface area contributed by atoms with Crippen LogP contribution in [0.5, 0.6) is 0 Å². The molecule has 3 aromatic heterocycles. The average molecular weight is 526 g/mol. The summed E-state index contributed by atoms with van der Waals surface area (Å²) in [6, 6.07) is 13.3. The second-order valence-corrected chi connectivity index (χ2v) is 9.06. The molecule has 2 aromatic carbocycles. The first-order valence-corrected chi connectivity index (χ1v) is 11.4. The molecular weight excluding hydrogens is 510 g/mol. The van der Waals surface area contributed by atoms with E-state index in [0.29, 0.717) is 5.56 Å². The fourth-order valence-corrected chi connectivity index (χ4v) is 5.25. The summed E-state index contributed by atoms with van der Waals surface area (Å²) in [6.45, 7) is 2.13. The minimum atomic E-state index is -0.227. The molecule has 0 atom stereocenters. The van der Waals surface area contributed by atoms with Crippen molar-refractivity contribution in [3.05, 3.63) is 75.3 Å². The quantitative estimate of drug-likeness (QED) is 0.265. The van der Waals surface area contributed by atoms with Gasteiger partial charge in [0.05, 0.1) is 17.6 Å². The molecule has 0 radical (unpaired) electrons. The molecule has 0 fully saturated rings. The summed E-state index contributed by atoms with van der Waals surface area (Å²) in [6.07, 6.45) is 5.96. The van der Waals surface area contributed by atoms with Crippen molar-refractivity contribution in [2.45, 2.75) is 13.3 Å². The van der Waals surface area contributed by atoms with Gasteiger partial charge >= 0.3 is 0 Å². The van der Waals surface area contributed by atoms with Gasteiger partial charge in [0.2, 0.25) is 0 Å². The fourth-order valence-electron chi connectivity index (χ4n) is 3.51. The number of nitrogens with zero attached hydrogens (tertiary/aromatic N) is 3. The van der Waals surface area contributed by atoms with Gasteiger partial charge in [0.15, 0.2) is 0 Å². The van der Waals surface area contributed by atoms with E-state index in [1.165, 1.54) is 10.9 Å². The van der Waals surface area contributed by atoms with Crippen LogP contribution in [0.25, 0.3) is 44.1 Å². The normalized spacial score (nSPS) is 11.3. The summed E-state index contributed by atoms with van der Waals surface area (Å²) in [5.41, 5.74) is 5.13. The lowest BCUT2D eigenvalue weighted by molar-refractivity contribution is 0.630. The maximum absolute atomic E-state index is 14.4. The highest BCUT2D eigenvalue weighted by Gasteiger charge is 2.16. The first-order chi connectivity index (χ1) is 14.6. The molecule has 0 aliphatic rings. The maximum atomic E-state index is 14.4. The zero-order chi connectivity index (χ0) is 20.7. The lowest BCUT2D eigenvalue weighted by Gasteiger charge is -2.02. The van der Waals surface area contributed by atoms with Gasteiger partial charge in [-0.05, 0) is 59.3 Å². The Bertz CT molecular complexity index is 1340. The molecule has 0 spiro atoms. The van der Waals surface area contributed by atoms with Crippen LogP contribution in [0.2, 0.25) is 0 Å². The smallest absolute Gasteiger partial charge is 0.144 e. The van der Waals surface area contributed by atoms with Gasteiger partial charge in [-0.2, -0.15) is 0 Å². The van der Waals surface area contributed by atoms with Gasteiger partial charge in [0, 0.05) is 42.9 Å². The molecular formula is C23H16FIN4S. The standard InChI is InChI=1S/C23H16FIN4S/c1-2-20-22(29-23(30-20)19-12-26-8-9-27-19)13-6-7-17-14(10-13)11-18(28-17)21-15(24)4-3-5-16(21)25/h3-12,28H,2H2,1H3. The van der Waals surface area contributed by atoms with E-state index in [0.717, 1.165) is 48.5 Å². The zero-order valence-corrected chi connectivity index (χ0v) is 19.0. The van der Waals surface area contributed by atoms with Crippen LogP contribution < -0.4 is 0 Å². The monoisotopic (exact) mass is 526 g/mol. The van der Waals surface area contributed by atoms with Crippen LogP contribution >= 0.6 is 33.9 Å². The number of aromatic amines is 1. The molecule has 0 aliphatic carbocycles. The van der Waals surface area contributed by atoms with Crippen molar-refractivity contribution >= 4 is 44.8 Å². The number of aromatic nitrogens is 4. The summed E-state index contributed by atoms with van der Waals surface area (Å²) >= 11 is 3.81. The van der Waals surface area contributed by atoms with Gasteiger partial charge in [-0.25, -0.2) is 9.37 Å². The summed E-state index contributed by atoms with van der Waals surface area (Å²) in [5, 5.41) is 1.89. The van der Waals surface area contributed by atoms with Crippen molar-refractivity contribution in [2.24, 2.45) is 0 Å². The maximum Gasteiger partial charge on any atom is 0.144 e. The van der Waals surface area contributed by atoms with E-state index in [2.05, 4.69) is 56.6 Å². The van der Waals surface area contributed by atoms with Crippen LogP contribution in [0.15, 0.2) is 61.1 Å². The Kier molecular flexibility index (Phi) is 5.08. The van der Waals surface area contributed by atoms with Crippen LogP contribution in [-0.2, 0) is 6.42 Å². The first kappa shape index (κ1) is 19.3. The van der Waals surface area contributed by atoms with Gasteiger partial charge in [-0.15, -0.1) is 11.3 Å². The number of H-pyrrole nitrogens is 1. The highest BCUT2D eigenvalue weighted by Crippen LogP contribution is 2.36. The molecule has 0 saturated heterocycles. The van der Waals surface area contributed by atoms with Crippen LogP contribution in [0.4, 0.5) is 4.39 Å². The molecule has 148 valence electrons. The van der Waals surface area contributed by atoms with Crippen LogP contribution in [-0.4, -0.2) is 19.9 Å². The highest BCUT2D eigenvalue weighted by molar-refractivity contribution is 14.1. The molecule has 0 aliphatic heterocycles. The molecule has 7 heteroatoms. The summed E-state index contributed by atoms with van der Waals surface area (Å²) < 4.78 is 15.3. The molecule has 1 N–H and O–H groups in total. The number of rotatable bonds is 4. The highest BCUT2D eigenvalue weighted by atomic mass is 127. The summed E-state index contributed by atoms with van der Waals surface area (Å²) in [5.74, 6) is -0.227. The van der Waals surface area contributed by atoms with E-state index < -0.39 is 0 Å². The van der Waals surface area contributed by atoms with Crippen molar-refractivity contribution in [3.63, 3.8) is 0 Å². The first-order valence-electron chi connectivity index (χ1n) is 9.47. The Balaban J connectivity index is 1.60. The van der Waals surface area contributed by atoms with E-state index in [1.54, 1.807) is 36.0 Å². The minimum absolute atomic E-state index is 0.227. The Labute approximate surface area is 190 Å². The predicted octanol–water partition coefficient (Wildman–Crippen LogP) is 6.72. The Morgan fingerprint density at radius 2 is 2.03 bits per heavy atom. The Morgan fingerprint density at radius 1 is 1.13 bits per heavy atom. The predicted molar refractivity (Wildman–Crippen MR) is 128 cm³/mol. The minimum Gasteiger partial charge on any atom is -0.354 e. The molecule has 0 bridgehead atoms. The topological polar surface area (TPSA) is 54.5 Å². The van der Waals surface area contributed by atoms with Crippen molar-refractivity contribution < 1.29 is 4.39 Å². The number of nitrogens with one attached hydrogen (secondary N) is 1. The van der Waals surface area contributed by atoms with Crippen LogP contribution in [0.3, 0.4) is 0 Å². The van der Waals surface area contributed by atoms with Crippen molar-refractivity contribution in [1.82, 2.24) is 19.9 Å². The number of hydrogen-bond donors (Lipinski definition) is 1. The van der Waals surface area contributed by atoms with Gasteiger partial charge in [0.25, 0.3) is 0 Å². The SMILES string of the molecule is CCc1sc(-c2cnccn2)nc1-c1ccc2[nH]c(-c3c(F)cccc3I)cc2c1. The molecule has 0 amide bonds. The summed E-state index contributed by atoms with van der Waals surface area (Å²) in [4.78, 5) is 18.0. The lowest BCUT2D eigenvalue weighted by atomic mass is 10.1. The van der Waals surface area contributed by atoms with E-state index in [1.807, 2.05) is 18.2 Å². The number of benzene rings is 2. The van der Waals surface area contributed by atoms with Crippen molar-refractivity contribution in [3.8, 4) is 33.2 Å². The van der Waals surface area contributed by atoms with Gasteiger partial charge in [0.1, 0.15) is 16.5 Å². The van der Waals surface area contributed by atoms with Crippen molar-refractivity contribution in [1.29, 1.82) is 0 Å². The molecule has 5 aromatic rings. The Morgan fingerprint density at radius 3 is 2.80 bits per heavy atom. The Hall–Kier alpha value is -2.65. The third-order valence-corrected chi connectivity index (χ3v) is 7.05. The van der Waals surface area contributed by atoms with Crippen LogP contribution in [0, 0.1) is 9.39 Å². The number of fused-ring (bicyclic) bond motifs is 1. The third-order valence-electron chi connectivity index (χ3n) is 4.93. The van der Waals surface area contributed by atoms with E-state index >= 15 is 0 Å². The molecule has 0 saturated carbocycles. The van der Waals surface area contributed by atoms with E-state index in [-0.39, 0.29) is 5.82 Å². The van der Waals surface area contributed by atoms with Gasteiger partial charge in [-0.1, -0.05) is 19.1 Å². The van der Waals surface area contributed by atoms with E-state index in [9.17, 15) is 4.39 Å². The fraction of sp³-hybridized carbons (Fsp3) is 0.0870. The second kappa shape index (κ2) is 7.88. The summed E-state index contributed by atoms with van der Waals surface area (Å²) in [7, 11) is 0.